The third-order valence-electron chi connectivity index (χ3n) is 7.08. The molecule has 26 heavy (non-hydrogen) atoms. The van der Waals surface area contributed by atoms with Gasteiger partial charge in [-0.25, -0.2) is 4.39 Å². The number of halogens is 1. The van der Waals surface area contributed by atoms with E-state index in [-0.39, 0.29) is 17.9 Å². The highest BCUT2D eigenvalue weighted by atomic mass is 19.1. The van der Waals surface area contributed by atoms with Crippen LogP contribution in [0.25, 0.3) is 0 Å². The third-order valence-corrected chi connectivity index (χ3v) is 7.08. The topological polar surface area (TPSA) is 35.5 Å². The Bertz CT molecular complexity index is 635. The van der Waals surface area contributed by atoms with Crippen molar-refractivity contribution in [2.75, 3.05) is 7.11 Å². The number of carbonyl (C=O) groups is 1. The van der Waals surface area contributed by atoms with Crippen molar-refractivity contribution in [3.63, 3.8) is 0 Å². The largest absolute Gasteiger partial charge is 0.497 e. The van der Waals surface area contributed by atoms with Crippen LogP contribution in [0.5, 0.6) is 5.75 Å². The first-order valence-corrected chi connectivity index (χ1v) is 10.2. The van der Waals surface area contributed by atoms with Crippen molar-refractivity contribution in [1.82, 2.24) is 0 Å². The predicted molar refractivity (Wildman–Crippen MR) is 97.6 cm³/mol. The minimum Gasteiger partial charge on any atom is -0.497 e. The number of benzene rings is 1. The van der Waals surface area contributed by atoms with E-state index in [1.165, 1.54) is 44.6 Å². The van der Waals surface area contributed by atoms with Crippen molar-refractivity contribution in [1.29, 1.82) is 0 Å². The molecule has 0 bridgehead atoms. The molecule has 0 N–H and O–H groups in total. The Morgan fingerprint density at radius 2 is 1.54 bits per heavy atom. The normalized spacial score (nSPS) is 34.7. The lowest BCUT2D eigenvalue weighted by atomic mass is 9.67. The van der Waals surface area contributed by atoms with Crippen LogP contribution in [-0.4, -0.2) is 19.2 Å². The molecule has 2 aliphatic carbocycles. The molecule has 2 saturated carbocycles. The Morgan fingerprint density at radius 3 is 2.08 bits per heavy atom. The van der Waals surface area contributed by atoms with Gasteiger partial charge in [-0.3, -0.25) is 4.79 Å². The summed E-state index contributed by atoms with van der Waals surface area (Å²) in [5.74, 6) is 2.98. The zero-order valence-electron chi connectivity index (χ0n) is 15.6. The first-order valence-electron chi connectivity index (χ1n) is 10.2. The molecule has 1 atom stereocenters. The van der Waals surface area contributed by atoms with Crippen molar-refractivity contribution < 1.29 is 18.7 Å². The highest BCUT2D eigenvalue weighted by Gasteiger charge is 2.39. The first kappa shape index (κ1) is 17.8. The number of ether oxygens (including phenoxy) is 2. The summed E-state index contributed by atoms with van der Waals surface area (Å²) in [6, 6.07) is 5.29. The van der Waals surface area contributed by atoms with Crippen molar-refractivity contribution in [2.45, 2.75) is 69.8 Å². The van der Waals surface area contributed by atoms with Gasteiger partial charge in [0.25, 0.3) is 0 Å². The molecule has 142 valence electrons. The molecule has 1 heterocycles. The Kier molecular flexibility index (Phi) is 5.19. The van der Waals surface area contributed by atoms with Gasteiger partial charge in [0.05, 0.1) is 13.5 Å². The SMILES string of the molecule is COc1ccc(C2CCC(C3CCC(C4CC(=O)O4)CC3)CC2)c(F)c1. The molecule has 1 unspecified atom stereocenters. The Hall–Kier alpha value is -1.58. The molecule has 0 amide bonds. The fraction of sp³-hybridized carbons (Fsp3) is 0.682. The molecule has 3 nitrogen and oxygen atoms in total. The molecule has 4 heteroatoms. The van der Waals surface area contributed by atoms with E-state index in [0.29, 0.717) is 24.0 Å². The number of carbonyl (C=O) groups excluding carboxylic acids is 1. The van der Waals surface area contributed by atoms with E-state index in [2.05, 4.69) is 0 Å². The van der Waals surface area contributed by atoms with E-state index < -0.39 is 0 Å². The predicted octanol–water partition coefficient (Wildman–Crippen LogP) is 5.23. The van der Waals surface area contributed by atoms with Crippen LogP contribution in [-0.2, 0) is 9.53 Å². The summed E-state index contributed by atoms with van der Waals surface area (Å²) in [6.07, 6.45) is 10.4. The second kappa shape index (κ2) is 7.58. The molecule has 0 aromatic heterocycles. The summed E-state index contributed by atoms with van der Waals surface area (Å²) in [5, 5.41) is 0. The number of cyclic esters (lactones) is 1. The Morgan fingerprint density at radius 1 is 0.962 bits per heavy atom. The fourth-order valence-corrected chi connectivity index (χ4v) is 5.44. The van der Waals surface area contributed by atoms with Gasteiger partial charge in [0.15, 0.2) is 0 Å². The molecule has 3 fully saturated rings. The molecular weight excluding hydrogens is 331 g/mol. The number of hydrogen-bond acceptors (Lipinski definition) is 3. The summed E-state index contributed by atoms with van der Waals surface area (Å²) in [7, 11) is 1.57. The van der Waals surface area contributed by atoms with E-state index in [9.17, 15) is 9.18 Å². The van der Waals surface area contributed by atoms with Gasteiger partial charge in [0, 0.05) is 6.07 Å². The van der Waals surface area contributed by atoms with Crippen LogP contribution in [0.15, 0.2) is 18.2 Å². The van der Waals surface area contributed by atoms with E-state index in [4.69, 9.17) is 9.47 Å². The number of rotatable bonds is 4. The summed E-state index contributed by atoms with van der Waals surface area (Å²) in [5.41, 5.74) is 0.861. The zero-order valence-corrected chi connectivity index (χ0v) is 15.6. The minimum absolute atomic E-state index is 0.0267. The van der Waals surface area contributed by atoms with Gasteiger partial charge in [0.1, 0.15) is 17.7 Å². The quantitative estimate of drug-likeness (QED) is 0.690. The highest BCUT2D eigenvalue weighted by Crippen LogP contribution is 2.45. The Labute approximate surface area is 155 Å². The van der Waals surface area contributed by atoms with Gasteiger partial charge in [-0.15, -0.1) is 0 Å². The van der Waals surface area contributed by atoms with E-state index >= 15 is 0 Å². The monoisotopic (exact) mass is 360 g/mol. The average Bonchev–Trinajstić information content (AvgIpc) is 2.66. The summed E-state index contributed by atoms with van der Waals surface area (Å²) in [4.78, 5) is 11.0. The lowest BCUT2D eigenvalue weighted by Crippen LogP contribution is -2.41. The van der Waals surface area contributed by atoms with Crippen molar-refractivity contribution >= 4 is 5.97 Å². The standard InChI is InChI=1S/C22H29FO3/c1-25-18-10-11-19(20(23)12-18)16-6-2-14(3-7-16)15-4-8-17(9-5-15)21-13-22(24)26-21/h10-12,14-17,21H,2-9,13H2,1H3. The van der Waals surface area contributed by atoms with Crippen molar-refractivity contribution in [2.24, 2.45) is 17.8 Å². The van der Waals surface area contributed by atoms with Crippen LogP contribution in [0.1, 0.15) is 69.3 Å². The Balaban J connectivity index is 1.27. The van der Waals surface area contributed by atoms with Gasteiger partial charge < -0.3 is 9.47 Å². The molecule has 0 spiro atoms. The molecule has 0 radical (unpaired) electrons. The van der Waals surface area contributed by atoms with Crippen LogP contribution < -0.4 is 4.74 Å². The number of esters is 1. The van der Waals surface area contributed by atoms with Crippen LogP contribution in [0.2, 0.25) is 0 Å². The summed E-state index contributed by atoms with van der Waals surface area (Å²) >= 11 is 0. The smallest absolute Gasteiger partial charge is 0.309 e. The molecular formula is C22H29FO3. The molecule has 1 aromatic rings. The van der Waals surface area contributed by atoms with Crippen LogP contribution in [0.4, 0.5) is 4.39 Å². The zero-order chi connectivity index (χ0) is 18.1. The van der Waals surface area contributed by atoms with Crippen LogP contribution >= 0.6 is 0 Å². The van der Waals surface area contributed by atoms with Gasteiger partial charge in [-0.05, 0) is 86.7 Å². The number of methoxy groups -OCH3 is 1. The van der Waals surface area contributed by atoms with E-state index in [1.807, 2.05) is 12.1 Å². The maximum atomic E-state index is 14.3. The van der Waals surface area contributed by atoms with Gasteiger partial charge in [-0.1, -0.05) is 6.07 Å². The maximum Gasteiger partial charge on any atom is 0.309 e. The fourth-order valence-electron chi connectivity index (χ4n) is 5.44. The van der Waals surface area contributed by atoms with E-state index in [1.54, 1.807) is 7.11 Å². The van der Waals surface area contributed by atoms with Crippen molar-refractivity contribution in [3.8, 4) is 5.75 Å². The van der Waals surface area contributed by atoms with Gasteiger partial charge in [0.2, 0.25) is 0 Å². The average molecular weight is 360 g/mol. The lowest BCUT2D eigenvalue weighted by Gasteiger charge is -2.41. The van der Waals surface area contributed by atoms with Gasteiger partial charge in [-0.2, -0.15) is 0 Å². The molecule has 1 aromatic carbocycles. The minimum atomic E-state index is -0.122. The van der Waals surface area contributed by atoms with Crippen LogP contribution in [0, 0.1) is 23.6 Å². The van der Waals surface area contributed by atoms with Gasteiger partial charge >= 0.3 is 5.97 Å². The second-order valence-corrected chi connectivity index (χ2v) is 8.41. The highest BCUT2D eigenvalue weighted by molar-refractivity contribution is 5.75. The molecule has 4 rings (SSSR count). The summed E-state index contributed by atoms with van der Waals surface area (Å²) in [6.45, 7) is 0. The molecule has 3 aliphatic rings. The second-order valence-electron chi connectivity index (χ2n) is 8.41. The lowest BCUT2D eigenvalue weighted by molar-refractivity contribution is -0.176. The van der Waals surface area contributed by atoms with Crippen molar-refractivity contribution in [3.05, 3.63) is 29.6 Å². The van der Waals surface area contributed by atoms with Crippen LogP contribution in [0.3, 0.4) is 0 Å². The molecule has 1 saturated heterocycles. The molecule has 1 aliphatic heterocycles. The first-order chi connectivity index (χ1) is 12.6. The summed E-state index contributed by atoms with van der Waals surface area (Å²) < 4.78 is 24.7. The van der Waals surface area contributed by atoms with E-state index in [0.717, 1.165) is 30.2 Å². The number of hydrogen-bond donors (Lipinski definition) is 0. The third kappa shape index (κ3) is 3.60. The maximum absolute atomic E-state index is 14.3.